The van der Waals surface area contributed by atoms with E-state index in [1.54, 1.807) is 12.4 Å². The number of nitrogens with zero attached hydrogens (tertiary/aromatic N) is 3. The molecule has 0 aliphatic rings. The molecule has 0 saturated carbocycles. The van der Waals surface area contributed by atoms with Crippen LogP contribution in [0.2, 0.25) is 0 Å². The molecule has 5 heteroatoms. The summed E-state index contributed by atoms with van der Waals surface area (Å²) < 4.78 is 5.89. The summed E-state index contributed by atoms with van der Waals surface area (Å²) in [5.74, 6) is 7.28. The fourth-order valence-electron chi connectivity index (χ4n) is 2.64. The van der Waals surface area contributed by atoms with E-state index >= 15 is 0 Å². The van der Waals surface area contributed by atoms with Crippen LogP contribution < -0.4 is 0 Å². The molecule has 3 heterocycles. The second kappa shape index (κ2) is 7.41. The van der Waals surface area contributed by atoms with Crippen molar-refractivity contribution in [1.29, 1.82) is 0 Å². The van der Waals surface area contributed by atoms with Gasteiger partial charge >= 0.3 is 0 Å². The maximum atomic E-state index is 5.89. The van der Waals surface area contributed by atoms with Crippen molar-refractivity contribution >= 4 is 11.3 Å². The molecule has 0 fully saturated rings. The molecule has 4 aromatic rings. The number of thiophene rings is 1. The Morgan fingerprint density at radius 3 is 2.39 bits per heavy atom. The third kappa shape index (κ3) is 4.03. The normalized spacial score (nSPS) is 11.1. The van der Waals surface area contributed by atoms with Gasteiger partial charge in [0.15, 0.2) is 0 Å². The first kappa shape index (κ1) is 18.1. The quantitative estimate of drug-likeness (QED) is 0.424. The third-order valence-corrected chi connectivity index (χ3v) is 5.22. The fraction of sp³-hybridized carbons (Fsp3) is 0.174. The first-order valence-electron chi connectivity index (χ1n) is 8.96. The number of benzene rings is 1. The summed E-state index contributed by atoms with van der Waals surface area (Å²) in [4.78, 5) is 5.91. The molecule has 0 amide bonds. The Kier molecular flexibility index (Phi) is 4.81. The van der Waals surface area contributed by atoms with Gasteiger partial charge in [0.1, 0.15) is 0 Å². The Hall–Kier alpha value is -3.23. The third-order valence-electron chi connectivity index (χ3n) is 4.23. The Morgan fingerprint density at radius 1 is 0.893 bits per heavy atom. The van der Waals surface area contributed by atoms with Gasteiger partial charge in [0, 0.05) is 23.5 Å². The van der Waals surface area contributed by atoms with Crippen LogP contribution in [0.5, 0.6) is 0 Å². The summed E-state index contributed by atoms with van der Waals surface area (Å²) in [7, 11) is 0. The maximum absolute atomic E-state index is 5.89. The van der Waals surface area contributed by atoms with E-state index in [0.717, 1.165) is 20.9 Å². The van der Waals surface area contributed by atoms with Gasteiger partial charge in [-0.05, 0) is 47.4 Å². The summed E-state index contributed by atoms with van der Waals surface area (Å²) in [6.45, 7) is 6.58. The van der Waals surface area contributed by atoms with Crippen molar-refractivity contribution in [3.05, 3.63) is 76.9 Å². The van der Waals surface area contributed by atoms with Gasteiger partial charge in [-0.3, -0.25) is 4.98 Å². The predicted octanol–water partition coefficient (Wildman–Crippen LogP) is 5.56. The molecule has 0 N–H and O–H groups in total. The van der Waals surface area contributed by atoms with Crippen LogP contribution in [0.4, 0.5) is 0 Å². The molecule has 0 unspecified atom stereocenters. The van der Waals surface area contributed by atoms with Crippen LogP contribution in [0.25, 0.3) is 22.2 Å². The highest BCUT2D eigenvalue weighted by Crippen LogP contribution is 2.30. The largest absolute Gasteiger partial charge is 0.415 e. The van der Waals surface area contributed by atoms with Gasteiger partial charge in [0.25, 0.3) is 5.89 Å². The second-order valence-electron chi connectivity index (χ2n) is 7.40. The summed E-state index contributed by atoms with van der Waals surface area (Å²) in [6.07, 6.45) is 3.48. The smallest absolute Gasteiger partial charge is 0.258 e. The van der Waals surface area contributed by atoms with Crippen LogP contribution in [0.3, 0.4) is 0 Å². The molecule has 0 aliphatic carbocycles. The van der Waals surface area contributed by atoms with Gasteiger partial charge in [-0.2, -0.15) is 0 Å². The number of rotatable bonds is 2. The average Bonchev–Trinajstić information content (AvgIpc) is 3.36. The first-order chi connectivity index (χ1) is 13.5. The molecule has 28 heavy (non-hydrogen) atoms. The number of hydrogen-bond acceptors (Lipinski definition) is 5. The van der Waals surface area contributed by atoms with E-state index in [1.165, 1.54) is 16.9 Å². The van der Waals surface area contributed by atoms with Crippen LogP contribution in [0, 0.1) is 11.8 Å². The standard InChI is InChI=1S/C23H19N3OS/c1-23(2,3)18-9-7-17(8-10-18)21-25-26-22(27-21)20-13-12-19(28-20)11-6-16-5-4-14-24-15-16/h4-5,7-10,12-15H,1-3H3. The minimum absolute atomic E-state index is 0.114. The number of aromatic nitrogens is 3. The summed E-state index contributed by atoms with van der Waals surface area (Å²) in [6, 6.07) is 16.0. The number of hydrogen-bond donors (Lipinski definition) is 0. The average molecular weight is 385 g/mol. The Morgan fingerprint density at radius 2 is 1.68 bits per heavy atom. The molecular weight excluding hydrogens is 366 g/mol. The highest BCUT2D eigenvalue weighted by Gasteiger charge is 2.15. The van der Waals surface area contributed by atoms with Crippen LogP contribution >= 0.6 is 11.3 Å². The minimum atomic E-state index is 0.114. The van der Waals surface area contributed by atoms with E-state index < -0.39 is 0 Å². The molecule has 0 bridgehead atoms. The Bertz CT molecular complexity index is 1140. The molecule has 1 aromatic carbocycles. The molecule has 4 rings (SSSR count). The minimum Gasteiger partial charge on any atom is -0.415 e. The van der Waals surface area contributed by atoms with Crippen molar-refractivity contribution in [3.63, 3.8) is 0 Å². The van der Waals surface area contributed by atoms with Crippen LogP contribution in [-0.4, -0.2) is 15.2 Å². The second-order valence-corrected chi connectivity index (χ2v) is 8.48. The fourth-order valence-corrected chi connectivity index (χ4v) is 3.42. The van der Waals surface area contributed by atoms with E-state index in [4.69, 9.17) is 4.42 Å². The summed E-state index contributed by atoms with van der Waals surface area (Å²) in [5, 5.41) is 8.40. The molecule has 0 spiro atoms. The lowest BCUT2D eigenvalue weighted by Crippen LogP contribution is -2.10. The zero-order valence-corrected chi connectivity index (χ0v) is 16.7. The van der Waals surface area contributed by atoms with Crippen molar-refractivity contribution in [2.75, 3.05) is 0 Å². The molecule has 4 nitrogen and oxygen atoms in total. The van der Waals surface area contributed by atoms with Gasteiger partial charge < -0.3 is 4.42 Å². The summed E-state index contributed by atoms with van der Waals surface area (Å²) in [5.41, 5.74) is 3.19. The lowest BCUT2D eigenvalue weighted by Gasteiger charge is -2.18. The van der Waals surface area contributed by atoms with Gasteiger partial charge in [-0.1, -0.05) is 44.7 Å². The molecule has 0 aliphatic heterocycles. The van der Waals surface area contributed by atoms with Crippen molar-refractivity contribution in [3.8, 4) is 34.1 Å². The lowest BCUT2D eigenvalue weighted by molar-refractivity contribution is 0.583. The van der Waals surface area contributed by atoms with Crippen molar-refractivity contribution in [2.24, 2.45) is 0 Å². The van der Waals surface area contributed by atoms with Crippen molar-refractivity contribution in [1.82, 2.24) is 15.2 Å². The van der Waals surface area contributed by atoms with Gasteiger partial charge in [-0.25, -0.2) is 0 Å². The topological polar surface area (TPSA) is 51.8 Å². The SMILES string of the molecule is CC(C)(C)c1ccc(-c2nnc(-c3ccc(C#Cc4cccnc4)s3)o2)cc1. The highest BCUT2D eigenvalue weighted by molar-refractivity contribution is 7.15. The van der Waals surface area contributed by atoms with Crippen LogP contribution in [0.15, 0.2) is 65.3 Å². The molecule has 3 aromatic heterocycles. The lowest BCUT2D eigenvalue weighted by atomic mass is 9.87. The van der Waals surface area contributed by atoms with E-state index in [9.17, 15) is 0 Å². The first-order valence-corrected chi connectivity index (χ1v) is 9.77. The van der Waals surface area contributed by atoms with Gasteiger partial charge in [0.2, 0.25) is 5.89 Å². The van der Waals surface area contributed by atoms with E-state index in [0.29, 0.717) is 11.8 Å². The molecular formula is C23H19N3OS. The Labute approximate surface area is 168 Å². The maximum Gasteiger partial charge on any atom is 0.258 e. The molecule has 138 valence electrons. The zero-order chi connectivity index (χ0) is 19.6. The summed E-state index contributed by atoms with van der Waals surface area (Å²) >= 11 is 1.53. The van der Waals surface area contributed by atoms with Gasteiger partial charge in [0.05, 0.1) is 9.75 Å². The van der Waals surface area contributed by atoms with E-state index in [-0.39, 0.29) is 5.41 Å². The zero-order valence-electron chi connectivity index (χ0n) is 15.9. The Balaban J connectivity index is 1.54. The highest BCUT2D eigenvalue weighted by atomic mass is 32.1. The monoisotopic (exact) mass is 385 g/mol. The van der Waals surface area contributed by atoms with Crippen molar-refractivity contribution in [2.45, 2.75) is 26.2 Å². The molecule has 0 saturated heterocycles. The van der Waals surface area contributed by atoms with Gasteiger partial charge in [-0.15, -0.1) is 21.5 Å². The van der Waals surface area contributed by atoms with Crippen LogP contribution in [-0.2, 0) is 5.41 Å². The van der Waals surface area contributed by atoms with Crippen LogP contribution in [0.1, 0.15) is 36.8 Å². The van der Waals surface area contributed by atoms with Crippen molar-refractivity contribution < 1.29 is 4.42 Å². The molecule has 0 radical (unpaired) electrons. The van der Waals surface area contributed by atoms with E-state index in [1.807, 2.05) is 36.4 Å². The van der Waals surface area contributed by atoms with E-state index in [2.05, 4.69) is 59.9 Å². The predicted molar refractivity (Wildman–Crippen MR) is 112 cm³/mol. The number of pyridine rings is 1. The molecule has 0 atom stereocenters.